The lowest BCUT2D eigenvalue weighted by atomic mass is 10.2. The smallest absolute Gasteiger partial charge is 0.315 e. The summed E-state index contributed by atoms with van der Waals surface area (Å²) >= 11 is 5.65. The predicted molar refractivity (Wildman–Crippen MR) is 71.7 cm³/mol. The second kappa shape index (κ2) is 6.38. The SMILES string of the molecule is Cc1cc(CNC(=O)NCc2ccc(F)c(Cl)c2)on1. The van der Waals surface area contributed by atoms with Crippen LogP contribution in [0, 0.1) is 12.7 Å². The van der Waals surface area contributed by atoms with Crippen LogP contribution >= 0.6 is 11.6 Å². The van der Waals surface area contributed by atoms with Gasteiger partial charge in [-0.05, 0) is 24.6 Å². The van der Waals surface area contributed by atoms with E-state index in [2.05, 4.69) is 15.8 Å². The van der Waals surface area contributed by atoms with Gasteiger partial charge in [-0.25, -0.2) is 9.18 Å². The highest BCUT2D eigenvalue weighted by atomic mass is 35.5. The summed E-state index contributed by atoms with van der Waals surface area (Å²) in [5, 5.41) is 8.99. The van der Waals surface area contributed by atoms with Gasteiger partial charge in [-0.15, -0.1) is 0 Å². The molecule has 0 saturated carbocycles. The fraction of sp³-hybridized carbons (Fsp3) is 0.231. The molecule has 0 spiro atoms. The number of carbonyl (C=O) groups is 1. The van der Waals surface area contributed by atoms with Crippen molar-refractivity contribution in [3.8, 4) is 0 Å². The highest BCUT2D eigenvalue weighted by Gasteiger charge is 2.05. The van der Waals surface area contributed by atoms with Crippen LogP contribution in [0.4, 0.5) is 9.18 Å². The van der Waals surface area contributed by atoms with Gasteiger partial charge in [0, 0.05) is 12.6 Å². The van der Waals surface area contributed by atoms with Crippen LogP contribution < -0.4 is 10.6 Å². The molecule has 0 aliphatic carbocycles. The topological polar surface area (TPSA) is 67.2 Å². The molecule has 2 amide bonds. The summed E-state index contributed by atoms with van der Waals surface area (Å²) in [4.78, 5) is 11.6. The maximum atomic E-state index is 13.0. The second-order valence-corrected chi connectivity index (χ2v) is 4.63. The van der Waals surface area contributed by atoms with Crippen molar-refractivity contribution in [2.45, 2.75) is 20.0 Å². The number of rotatable bonds is 4. The summed E-state index contributed by atoms with van der Waals surface area (Å²) < 4.78 is 17.9. The van der Waals surface area contributed by atoms with Gasteiger partial charge >= 0.3 is 6.03 Å². The molecule has 106 valence electrons. The van der Waals surface area contributed by atoms with Crippen molar-refractivity contribution in [2.24, 2.45) is 0 Å². The minimum absolute atomic E-state index is 0.0295. The Kier molecular flexibility index (Phi) is 4.57. The molecule has 1 aromatic heterocycles. The highest BCUT2D eigenvalue weighted by Crippen LogP contribution is 2.15. The average Bonchev–Trinajstić information content (AvgIpc) is 2.83. The van der Waals surface area contributed by atoms with Gasteiger partial charge in [-0.3, -0.25) is 0 Å². The van der Waals surface area contributed by atoms with Gasteiger partial charge in [0.05, 0.1) is 17.3 Å². The first-order valence-corrected chi connectivity index (χ1v) is 6.30. The number of aromatic nitrogens is 1. The molecule has 2 rings (SSSR count). The molecule has 2 aromatic rings. The zero-order valence-electron chi connectivity index (χ0n) is 10.7. The van der Waals surface area contributed by atoms with Crippen LogP contribution in [0.15, 0.2) is 28.8 Å². The van der Waals surface area contributed by atoms with E-state index in [-0.39, 0.29) is 24.1 Å². The Morgan fingerprint density at radius 2 is 2.10 bits per heavy atom. The first kappa shape index (κ1) is 14.3. The van der Waals surface area contributed by atoms with E-state index in [1.807, 2.05) is 0 Å². The van der Waals surface area contributed by atoms with Gasteiger partial charge in [-0.2, -0.15) is 0 Å². The molecule has 0 saturated heterocycles. The number of nitrogens with zero attached hydrogens (tertiary/aromatic N) is 1. The number of amides is 2. The fourth-order valence-electron chi connectivity index (χ4n) is 1.56. The monoisotopic (exact) mass is 297 g/mol. The third-order valence-corrected chi connectivity index (χ3v) is 2.83. The second-order valence-electron chi connectivity index (χ2n) is 4.22. The van der Waals surface area contributed by atoms with E-state index in [0.717, 1.165) is 5.69 Å². The number of hydrogen-bond acceptors (Lipinski definition) is 3. The van der Waals surface area contributed by atoms with E-state index >= 15 is 0 Å². The number of carbonyl (C=O) groups excluding carboxylic acids is 1. The molecular formula is C13H13ClFN3O2. The van der Waals surface area contributed by atoms with Crippen LogP contribution in [0.5, 0.6) is 0 Å². The van der Waals surface area contributed by atoms with Gasteiger partial charge in [-0.1, -0.05) is 22.8 Å². The number of aryl methyl sites for hydroxylation is 1. The quantitative estimate of drug-likeness (QED) is 0.912. The Morgan fingerprint density at radius 3 is 2.75 bits per heavy atom. The Bertz CT molecular complexity index is 615. The minimum atomic E-state index is -0.486. The van der Waals surface area contributed by atoms with E-state index in [9.17, 15) is 9.18 Å². The highest BCUT2D eigenvalue weighted by molar-refractivity contribution is 6.30. The van der Waals surface area contributed by atoms with Gasteiger partial charge in [0.15, 0.2) is 5.76 Å². The van der Waals surface area contributed by atoms with Crippen LogP contribution in [0.3, 0.4) is 0 Å². The van der Waals surface area contributed by atoms with Crippen LogP contribution in [0.1, 0.15) is 17.0 Å². The Balaban J connectivity index is 1.78. The third kappa shape index (κ3) is 3.96. The third-order valence-electron chi connectivity index (χ3n) is 2.54. The zero-order valence-corrected chi connectivity index (χ0v) is 11.5. The Hall–Kier alpha value is -2.08. The van der Waals surface area contributed by atoms with Crippen LogP contribution in [0.25, 0.3) is 0 Å². The summed E-state index contributed by atoms with van der Waals surface area (Å²) in [6, 6.07) is 5.66. The Labute approximate surface area is 120 Å². The molecule has 0 aliphatic rings. The zero-order chi connectivity index (χ0) is 14.5. The molecule has 0 fully saturated rings. The average molecular weight is 298 g/mol. The van der Waals surface area contributed by atoms with Crippen molar-refractivity contribution in [3.05, 3.63) is 52.1 Å². The van der Waals surface area contributed by atoms with E-state index in [1.54, 1.807) is 19.1 Å². The molecule has 2 N–H and O–H groups in total. The van der Waals surface area contributed by atoms with Crippen LogP contribution in [-0.4, -0.2) is 11.2 Å². The van der Waals surface area contributed by atoms with Crippen molar-refractivity contribution >= 4 is 17.6 Å². The van der Waals surface area contributed by atoms with Crippen molar-refractivity contribution in [1.82, 2.24) is 15.8 Å². The lowest BCUT2D eigenvalue weighted by Gasteiger charge is -2.06. The number of halogens is 2. The molecule has 1 heterocycles. The molecule has 1 aromatic carbocycles. The minimum Gasteiger partial charge on any atom is -0.359 e. The molecule has 20 heavy (non-hydrogen) atoms. The number of benzene rings is 1. The van der Waals surface area contributed by atoms with E-state index < -0.39 is 5.82 Å². The largest absolute Gasteiger partial charge is 0.359 e. The molecule has 0 aliphatic heterocycles. The van der Waals surface area contributed by atoms with Crippen molar-refractivity contribution in [3.63, 3.8) is 0 Å². The first-order valence-electron chi connectivity index (χ1n) is 5.92. The summed E-state index contributed by atoms with van der Waals surface area (Å²) in [6.45, 7) is 2.30. The van der Waals surface area contributed by atoms with E-state index in [4.69, 9.17) is 16.1 Å². The van der Waals surface area contributed by atoms with Gasteiger partial charge in [0.25, 0.3) is 0 Å². The van der Waals surface area contributed by atoms with Crippen LogP contribution in [0.2, 0.25) is 5.02 Å². The number of hydrogen-bond donors (Lipinski definition) is 2. The predicted octanol–water partition coefficient (Wildman–Crippen LogP) is 2.77. The summed E-state index contributed by atoms with van der Waals surface area (Å²) in [5.74, 6) is 0.0861. The summed E-state index contributed by atoms with van der Waals surface area (Å²) in [7, 11) is 0. The number of nitrogens with one attached hydrogen (secondary N) is 2. The normalized spacial score (nSPS) is 10.3. The molecule has 0 atom stereocenters. The fourth-order valence-corrected chi connectivity index (χ4v) is 1.76. The van der Waals surface area contributed by atoms with E-state index in [1.165, 1.54) is 12.1 Å². The van der Waals surface area contributed by atoms with Crippen molar-refractivity contribution in [2.75, 3.05) is 0 Å². The molecule has 5 nitrogen and oxygen atoms in total. The molecule has 0 radical (unpaired) electrons. The number of urea groups is 1. The lowest BCUT2D eigenvalue weighted by molar-refractivity contribution is 0.238. The van der Waals surface area contributed by atoms with Crippen molar-refractivity contribution < 1.29 is 13.7 Å². The molecule has 0 bridgehead atoms. The van der Waals surface area contributed by atoms with E-state index in [0.29, 0.717) is 11.3 Å². The maximum absolute atomic E-state index is 13.0. The van der Waals surface area contributed by atoms with Gasteiger partial charge in [0.1, 0.15) is 5.82 Å². The van der Waals surface area contributed by atoms with Crippen molar-refractivity contribution in [1.29, 1.82) is 0 Å². The Morgan fingerprint density at radius 1 is 1.35 bits per heavy atom. The molecule has 7 heteroatoms. The van der Waals surface area contributed by atoms with Gasteiger partial charge in [0.2, 0.25) is 0 Å². The van der Waals surface area contributed by atoms with Gasteiger partial charge < -0.3 is 15.2 Å². The molecular weight excluding hydrogens is 285 g/mol. The summed E-state index contributed by atoms with van der Waals surface area (Å²) in [5.41, 5.74) is 1.46. The standard InChI is InChI=1S/C13H13ClFN3O2/c1-8-4-10(20-18-8)7-17-13(19)16-6-9-2-3-12(15)11(14)5-9/h2-5H,6-7H2,1H3,(H2,16,17,19). The van der Waals surface area contributed by atoms with Crippen LogP contribution in [-0.2, 0) is 13.1 Å². The maximum Gasteiger partial charge on any atom is 0.315 e. The molecule has 0 unspecified atom stereocenters. The lowest BCUT2D eigenvalue weighted by Crippen LogP contribution is -2.34. The summed E-state index contributed by atoms with van der Waals surface area (Å²) in [6.07, 6.45) is 0. The first-order chi connectivity index (χ1) is 9.54.